The molecule has 318 valence electrons. The number of benzene rings is 3. The molecule has 0 amide bonds. The number of methoxy groups -OCH3 is 3. The maximum Gasteiger partial charge on any atom is 0.304 e. The molecule has 0 aliphatic heterocycles. The van der Waals surface area contributed by atoms with Crippen LogP contribution in [0.1, 0.15) is 37.5 Å². The first kappa shape index (κ1) is 53.9. The number of aryl methyl sites for hydroxylation is 3. The van der Waals surface area contributed by atoms with E-state index in [2.05, 4.69) is 55.8 Å². The molecule has 0 spiro atoms. The summed E-state index contributed by atoms with van der Waals surface area (Å²) in [6.07, 6.45) is 0. The van der Waals surface area contributed by atoms with Gasteiger partial charge in [-0.1, -0.05) is 58.6 Å². The SMILES string of the molecule is CC(C)(C)COCC[Si](C)(C)C.COCCN.COCCNc1cc(C)ccc1N.COCCNc1cc(C)ccc1[N+](=O)[O-].Cc1ccc([N+](=O)[O-])c(F)c1. The van der Waals surface area contributed by atoms with Crippen LogP contribution in [-0.2, 0) is 18.9 Å². The number of halogens is 1. The van der Waals surface area contributed by atoms with Crippen LogP contribution in [0.5, 0.6) is 0 Å². The lowest BCUT2D eigenvalue weighted by atomic mass is 9.99. The summed E-state index contributed by atoms with van der Waals surface area (Å²) in [5.41, 5.74) is 15.9. The summed E-state index contributed by atoms with van der Waals surface area (Å²) < 4.78 is 32.6. The summed E-state index contributed by atoms with van der Waals surface area (Å²) in [6.45, 7) is 25.1. The Morgan fingerprint density at radius 3 is 1.57 bits per heavy atom. The van der Waals surface area contributed by atoms with Crippen molar-refractivity contribution in [2.24, 2.45) is 11.1 Å². The van der Waals surface area contributed by atoms with E-state index < -0.39 is 29.4 Å². The van der Waals surface area contributed by atoms with E-state index in [9.17, 15) is 24.6 Å². The maximum atomic E-state index is 12.7. The molecule has 3 aromatic carbocycles. The second kappa shape index (κ2) is 30.0. The van der Waals surface area contributed by atoms with E-state index in [1.165, 1.54) is 23.7 Å². The van der Waals surface area contributed by atoms with Crippen molar-refractivity contribution in [3.63, 3.8) is 0 Å². The number of hydrogen-bond donors (Lipinski definition) is 4. The second-order valence-corrected chi connectivity index (χ2v) is 20.7. The minimum absolute atomic E-state index is 0.0942. The summed E-state index contributed by atoms with van der Waals surface area (Å²) in [6, 6.07) is 16.0. The number of rotatable bonds is 16. The van der Waals surface area contributed by atoms with Crippen LogP contribution in [0.25, 0.3) is 0 Å². The van der Waals surface area contributed by atoms with Gasteiger partial charge in [0.1, 0.15) is 5.69 Å². The molecule has 0 radical (unpaired) electrons. The molecule has 14 nitrogen and oxygen atoms in total. The first-order valence-electron chi connectivity index (χ1n) is 18.4. The fourth-order valence-corrected chi connectivity index (χ4v) is 4.74. The maximum absolute atomic E-state index is 12.7. The van der Waals surface area contributed by atoms with Gasteiger partial charge < -0.3 is 41.0 Å². The number of nitrogens with one attached hydrogen (secondary N) is 2. The standard InChI is InChI=1S/C10H14N2O3.C10H16N2O.C10H24OSi.C7H6FNO2.C3H9NO/c1-8-3-4-10(12(13)14)9(7-8)11-5-6-15-2;1-8-3-4-9(11)10(7-8)12-5-6-13-2;1-10(2,3)9-11-7-8-12(4,5)6;1-5-2-3-7(9(10)11)6(8)4-5;1-5-3-2-4/h3-4,7,11H,5-6H2,1-2H3;3-4,7,12H,5-6,11H2,1-2H3;7-9H2,1-6H3;2-4H,1H3;2-4H2,1H3. The molecule has 56 heavy (non-hydrogen) atoms. The van der Waals surface area contributed by atoms with Gasteiger partial charge in [-0.2, -0.15) is 4.39 Å². The summed E-state index contributed by atoms with van der Waals surface area (Å²) >= 11 is 0. The number of nitro benzene ring substituents is 2. The van der Waals surface area contributed by atoms with E-state index in [0.29, 0.717) is 49.6 Å². The Morgan fingerprint density at radius 2 is 1.16 bits per heavy atom. The predicted molar refractivity (Wildman–Crippen MR) is 231 cm³/mol. The van der Waals surface area contributed by atoms with Crippen LogP contribution in [0.15, 0.2) is 54.6 Å². The minimum Gasteiger partial charge on any atom is -0.397 e. The van der Waals surface area contributed by atoms with Gasteiger partial charge in [-0.3, -0.25) is 20.2 Å². The lowest BCUT2D eigenvalue weighted by molar-refractivity contribution is -0.387. The van der Waals surface area contributed by atoms with Gasteiger partial charge >= 0.3 is 5.69 Å². The topological polar surface area (TPSA) is 199 Å². The molecule has 0 saturated carbocycles. The number of nitrogens with zero attached hydrogens (tertiary/aromatic N) is 2. The molecule has 0 atom stereocenters. The molecule has 0 aliphatic rings. The molecular formula is C40H69FN6O8Si. The Hall–Kier alpha value is -4.19. The van der Waals surface area contributed by atoms with E-state index >= 15 is 0 Å². The van der Waals surface area contributed by atoms with Crippen molar-refractivity contribution in [3.05, 3.63) is 97.3 Å². The van der Waals surface area contributed by atoms with Crippen molar-refractivity contribution in [2.45, 2.75) is 67.2 Å². The zero-order valence-electron chi connectivity index (χ0n) is 35.8. The molecule has 16 heteroatoms. The fourth-order valence-electron chi connectivity index (χ4n) is 3.98. The van der Waals surface area contributed by atoms with Gasteiger partial charge in [0, 0.05) is 67.8 Å². The van der Waals surface area contributed by atoms with Crippen molar-refractivity contribution in [2.75, 3.05) is 90.4 Å². The number of nitrogens with two attached hydrogens (primary N) is 2. The predicted octanol–water partition coefficient (Wildman–Crippen LogP) is 8.62. The van der Waals surface area contributed by atoms with Crippen molar-refractivity contribution >= 4 is 36.5 Å². The average Bonchev–Trinajstić information content (AvgIpc) is 3.09. The fraction of sp³-hybridized carbons (Fsp3) is 0.550. The lowest BCUT2D eigenvalue weighted by Gasteiger charge is -2.20. The third-order valence-electron chi connectivity index (χ3n) is 6.95. The van der Waals surface area contributed by atoms with Crippen molar-refractivity contribution in [1.29, 1.82) is 0 Å². The highest BCUT2D eigenvalue weighted by Gasteiger charge is 2.15. The highest BCUT2D eigenvalue weighted by molar-refractivity contribution is 6.76. The smallest absolute Gasteiger partial charge is 0.304 e. The Bertz CT molecular complexity index is 1520. The summed E-state index contributed by atoms with van der Waals surface area (Å²) in [7, 11) is 4.02. The Morgan fingerprint density at radius 1 is 0.714 bits per heavy atom. The molecule has 0 aliphatic carbocycles. The van der Waals surface area contributed by atoms with Crippen LogP contribution in [-0.4, -0.2) is 91.9 Å². The van der Waals surface area contributed by atoms with Gasteiger partial charge in [-0.25, -0.2) is 0 Å². The van der Waals surface area contributed by atoms with Crippen LogP contribution in [0.4, 0.5) is 32.8 Å². The van der Waals surface area contributed by atoms with E-state index in [1.807, 2.05) is 32.0 Å². The van der Waals surface area contributed by atoms with Crippen LogP contribution in [0.2, 0.25) is 25.7 Å². The molecule has 0 fully saturated rings. The van der Waals surface area contributed by atoms with E-state index in [4.69, 9.17) is 25.7 Å². The van der Waals surface area contributed by atoms with Crippen LogP contribution in [0.3, 0.4) is 0 Å². The Kier molecular flexibility index (Phi) is 28.9. The minimum atomic E-state index is -0.879. The number of anilines is 3. The number of nitrogen functional groups attached to an aromatic ring is 1. The third kappa shape index (κ3) is 29.1. The monoisotopic (exact) mass is 808 g/mol. The molecule has 0 heterocycles. The highest BCUT2D eigenvalue weighted by Crippen LogP contribution is 2.25. The molecule has 0 aromatic heterocycles. The van der Waals surface area contributed by atoms with E-state index in [0.717, 1.165) is 48.8 Å². The van der Waals surface area contributed by atoms with E-state index in [-0.39, 0.29) is 5.69 Å². The first-order valence-corrected chi connectivity index (χ1v) is 22.1. The number of nitro groups is 2. The van der Waals surface area contributed by atoms with Gasteiger partial charge in [0.05, 0.1) is 47.6 Å². The summed E-state index contributed by atoms with van der Waals surface area (Å²) in [4.78, 5) is 19.7. The second-order valence-electron chi connectivity index (χ2n) is 15.1. The van der Waals surface area contributed by atoms with Crippen LogP contribution >= 0.6 is 0 Å². The highest BCUT2D eigenvalue weighted by atomic mass is 28.3. The number of ether oxygens (including phenoxy) is 4. The summed E-state index contributed by atoms with van der Waals surface area (Å²) in [5.74, 6) is -0.782. The van der Waals surface area contributed by atoms with Gasteiger partial charge in [0.2, 0.25) is 5.82 Å². The van der Waals surface area contributed by atoms with Crippen molar-refractivity contribution < 1.29 is 33.2 Å². The molecule has 0 unspecified atom stereocenters. The van der Waals surface area contributed by atoms with E-state index in [1.54, 1.807) is 40.4 Å². The zero-order valence-corrected chi connectivity index (χ0v) is 36.8. The van der Waals surface area contributed by atoms with Gasteiger partial charge in [0.15, 0.2) is 0 Å². The average molecular weight is 809 g/mol. The van der Waals surface area contributed by atoms with Gasteiger partial charge in [-0.05, 0) is 73.2 Å². The normalized spacial score (nSPS) is 10.5. The molecule has 3 rings (SSSR count). The Labute approximate surface area is 335 Å². The first-order chi connectivity index (χ1) is 26.1. The molecule has 3 aromatic rings. The van der Waals surface area contributed by atoms with Gasteiger partial charge in [0.25, 0.3) is 5.69 Å². The lowest BCUT2D eigenvalue weighted by Crippen LogP contribution is -2.23. The Balaban J connectivity index is 0. The van der Waals surface area contributed by atoms with Crippen molar-refractivity contribution in [3.8, 4) is 0 Å². The third-order valence-corrected chi connectivity index (χ3v) is 8.66. The molecule has 0 bridgehead atoms. The van der Waals surface area contributed by atoms with Crippen LogP contribution in [0, 0.1) is 52.2 Å². The molecule has 6 N–H and O–H groups in total. The molecule has 0 saturated heterocycles. The van der Waals surface area contributed by atoms with Gasteiger partial charge in [-0.15, -0.1) is 0 Å². The quantitative estimate of drug-likeness (QED) is 0.0354. The molecular weight excluding hydrogens is 740 g/mol. The largest absolute Gasteiger partial charge is 0.397 e. The van der Waals surface area contributed by atoms with Crippen LogP contribution < -0.4 is 22.1 Å². The van der Waals surface area contributed by atoms with Crippen molar-refractivity contribution in [1.82, 2.24) is 0 Å². The summed E-state index contributed by atoms with van der Waals surface area (Å²) in [5, 5.41) is 27.0. The number of hydrogen-bond acceptors (Lipinski definition) is 12. The zero-order chi connectivity index (χ0) is 43.3.